The molecule has 0 aliphatic carbocycles. The van der Waals surface area contributed by atoms with Gasteiger partial charge in [0.2, 0.25) is 11.8 Å². The van der Waals surface area contributed by atoms with E-state index >= 15 is 0 Å². The maximum atomic E-state index is 13.5. The topological polar surface area (TPSA) is 84.9 Å². The number of benzene rings is 2. The van der Waals surface area contributed by atoms with Gasteiger partial charge in [-0.25, -0.2) is 4.39 Å². The summed E-state index contributed by atoms with van der Waals surface area (Å²) in [5.41, 5.74) is 2.74. The van der Waals surface area contributed by atoms with E-state index in [1.807, 2.05) is 35.2 Å². The summed E-state index contributed by atoms with van der Waals surface area (Å²) in [6.07, 6.45) is 1.81. The highest BCUT2D eigenvalue weighted by Gasteiger charge is 2.54. The first kappa shape index (κ1) is 30.2. The molecule has 2 aliphatic heterocycles. The van der Waals surface area contributed by atoms with Crippen molar-refractivity contribution in [3.63, 3.8) is 0 Å². The number of rotatable bonds is 13. The Bertz CT molecular complexity index is 1130. The lowest BCUT2D eigenvalue weighted by molar-refractivity contribution is -0.143. The Labute approximate surface area is 238 Å². The lowest BCUT2D eigenvalue weighted by atomic mass is 9.94. The average Bonchev–Trinajstić information content (AvgIpc) is 3.51. The van der Waals surface area contributed by atoms with Gasteiger partial charge in [-0.3, -0.25) is 14.5 Å². The Hall–Kier alpha value is -2.81. The molecule has 0 saturated carbocycles. The normalized spacial score (nSPS) is 21.8. The van der Waals surface area contributed by atoms with Gasteiger partial charge < -0.3 is 20.6 Å². The molecule has 2 fully saturated rings. The number of hydrogen-bond acceptors (Lipinski definition) is 5. The van der Waals surface area contributed by atoms with Gasteiger partial charge in [0.05, 0.1) is 12.1 Å². The second-order valence-corrected chi connectivity index (χ2v) is 11.6. The first-order chi connectivity index (χ1) is 19.2. The number of halogens is 1. The minimum Gasteiger partial charge on any atom is -0.390 e. The molecule has 2 saturated heterocycles. The largest absolute Gasteiger partial charge is 0.390 e. The summed E-state index contributed by atoms with van der Waals surface area (Å²) >= 11 is 0. The first-order valence-corrected chi connectivity index (χ1v) is 14.7. The number of aliphatic hydroxyl groups is 1. The van der Waals surface area contributed by atoms with Crippen molar-refractivity contribution in [3.05, 3.63) is 71.3 Å². The van der Waals surface area contributed by atoms with E-state index in [4.69, 9.17) is 0 Å². The third-order valence-electron chi connectivity index (χ3n) is 8.64. The number of nitrogens with zero attached hydrogens (tertiary/aromatic N) is 2. The summed E-state index contributed by atoms with van der Waals surface area (Å²) in [5, 5.41) is 17.6. The molecule has 0 unspecified atom stereocenters. The van der Waals surface area contributed by atoms with Crippen LogP contribution in [0.5, 0.6) is 0 Å². The van der Waals surface area contributed by atoms with Crippen LogP contribution in [0.3, 0.4) is 0 Å². The number of likely N-dealkylation sites (tertiary alicyclic amines) is 2. The molecule has 0 aromatic heterocycles. The van der Waals surface area contributed by atoms with E-state index in [1.54, 1.807) is 11.8 Å². The van der Waals surface area contributed by atoms with Gasteiger partial charge in [0.1, 0.15) is 18.3 Å². The minimum absolute atomic E-state index is 0.0773. The SMILES string of the molecule is CC(C)c1cccc(CNC[C@H](O)[C@H](Cc2ccccc2)NC(=O)[C@H](C)N2CC[C@@]3(CCCN3CCF)C2=O)c1. The molecule has 4 atom stereocenters. The fraction of sp³-hybridized carbons (Fsp3) is 0.562. The van der Waals surface area contributed by atoms with Crippen LogP contribution in [0.4, 0.5) is 4.39 Å². The van der Waals surface area contributed by atoms with Crippen molar-refractivity contribution in [3.8, 4) is 0 Å². The van der Waals surface area contributed by atoms with Crippen LogP contribution in [-0.4, -0.2) is 83.3 Å². The molecule has 2 aromatic rings. The Balaban J connectivity index is 1.40. The van der Waals surface area contributed by atoms with E-state index in [2.05, 4.69) is 48.7 Å². The van der Waals surface area contributed by atoms with Crippen LogP contribution in [0, 0.1) is 0 Å². The van der Waals surface area contributed by atoms with Crippen LogP contribution >= 0.6 is 0 Å². The van der Waals surface area contributed by atoms with Crippen molar-refractivity contribution >= 4 is 11.8 Å². The molecule has 0 bridgehead atoms. The number of aliphatic hydroxyl groups excluding tert-OH is 1. The van der Waals surface area contributed by atoms with Gasteiger partial charge in [-0.05, 0) is 61.8 Å². The Morgan fingerprint density at radius 3 is 2.52 bits per heavy atom. The van der Waals surface area contributed by atoms with Crippen molar-refractivity contribution in [1.29, 1.82) is 0 Å². The number of nitrogens with one attached hydrogen (secondary N) is 2. The standard InChI is InChI=1S/C32H45FN4O3/c1-23(2)27-12-7-11-26(19-27)21-34-22-29(38)28(20-25-9-5-4-6-10-25)35-30(39)24(3)37-17-14-32(31(37)40)13-8-16-36(32)18-15-33/h4-7,9-12,19,23-24,28-29,34,38H,8,13-18,20-22H2,1-3H3,(H,35,39)/t24-,28-,29-,32-/m0/s1. The molecule has 8 heteroatoms. The fourth-order valence-corrected chi connectivity index (χ4v) is 6.20. The van der Waals surface area contributed by atoms with Crippen LogP contribution in [-0.2, 0) is 22.6 Å². The average molecular weight is 553 g/mol. The number of alkyl halides is 1. The van der Waals surface area contributed by atoms with Gasteiger partial charge >= 0.3 is 0 Å². The summed E-state index contributed by atoms with van der Waals surface area (Å²) in [6, 6.07) is 17.0. The summed E-state index contributed by atoms with van der Waals surface area (Å²) in [5.74, 6) is 0.0763. The van der Waals surface area contributed by atoms with Crippen LogP contribution < -0.4 is 10.6 Å². The van der Waals surface area contributed by atoms with E-state index in [0.717, 1.165) is 17.5 Å². The molecular weight excluding hydrogens is 507 g/mol. The number of hydrogen-bond donors (Lipinski definition) is 3. The molecule has 40 heavy (non-hydrogen) atoms. The van der Waals surface area contributed by atoms with Gasteiger partial charge in [0.25, 0.3) is 0 Å². The quantitative estimate of drug-likeness (QED) is 0.355. The van der Waals surface area contributed by atoms with Crippen molar-refractivity contribution in [2.45, 2.75) is 82.6 Å². The van der Waals surface area contributed by atoms with Crippen LogP contribution in [0.2, 0.25) is 0 Å². The molecule has 2 amide bonds. The lowest BCUT2D eigenvalue weighted by Crippen LogP contribution is -2.57. The predicted molar refractivity (Wildman–Crippen MR) is 156 cm³/mol. The maximum absolute atomic E-state index is 13.5. The second-order valence-electron chi connectivity index (χ2n) is 11.6. The molecule has 218 valence electrons. The van der Waals surface area contributed by atoms with Gasteiger partial charge in [-0.2, -0.15) is 0 Å². The highest BCUT2D eigenvalue weighted by molar-refractivity contribution is 5.94. The molecule has 3 N–H and O–H groups in total. The molecule has 1 spiro atoms. The maximum Gasteiger partial charge on any atom is 0.243 e. The summed E-state index contributed by atoms with van der Waals surface area (Å²) < 4.78 is 13.2. The van der Waals surface area contributed by atoms with Crippen LogP contribution in [0.1, 0.15) is 62.6 Å². The Morgan fingerprint density at radius 1 is 1.05 bits per heavy atom. The van der Waals surface area contributed by atoms with E-state index < -0.39 is 30.4 Å². The molecule has 2 heterocycles. The van der Waals surface area contributed by atoms with E-state index in [1.165, 1.54) is 5.56 Å². The van der Waals surface area contributed by atoms with Gasteiger partial charge in [-0.1, -0.05) is 68.4 Å². The predicted octanol–water partition coefficient (Wildman–Crippen LogP) is 3.41. The van der Waals surface area contributed by atoms with Crippen molar-refractivity contribution in [1.82, 2.24) is 20.4 Å². The van der Waals surface area contributed by atoms with Crippen molar-refractivity contribution in [2.24, 2.45) is 0 Å². The van der Waals surface area contributed by atoms with Gasteiger partial charge in [-0.15, -0.1) is 0 Å². The van der Waals surface area contributed by atoms with Crippen LogP contribution in [0.15, 0.2) is 54.6 Å². The smallest absolute Gasteiger partial charge is 0.243 e. The van der Waals surface area contributed by atoms with Crippen molar-refractivity contribution in [2.75, 3.05) is 32.9 Å². The van der Waals surface area contributed by atoms with Gasteiger partial charge in [0, 0.05) is 26.2 Å². The molecule has 2 aromatic carbocycles. The molecule has 7 nitrogen and oxygen atoms in total. The molecule has 2 aliphatic rings. The molecule has 0 radical (unpaired) electrons. The fourth-order valence-electron chi connectivity index (χ4n) is 6.20. The zero-order chi connectivity index (χ0) is 28.7. The summed E-state index contributed by atoms with van der Waals surface area (Å²) in [4.78, 5) is 30.6. The monoisotopic (exact) mass is 552 g/mol. The lowest BCUT2D eigenvalue weighted by Gasteiger charge is -2.34. The van der Waals surface area contributed by atoms with E-state index in [9.17, 15) is 19.1 Å². The molecular formula is C32H45FN4O3. The highest BCUT2D eigenvalue weighted by Crippen LogP contribution is 2.39. The molecule has 4 rings (SSSR count). The van der Waals surface area contributed by atoms with Gasteiger partial charge in [0.15, 0.2) is 0 Å². The third-order valence-corrected chi connectivity index (χ3v) is 8.64. The summed E-state index contributed by atoms with van der Waals surface area (Å²) in [6.45, 7) is 7.94. The Kier molecular flexibility index (Phi) is 10.3. The van der Waals surface area contributed by atoms with E-state index in [-0.39, 0.29) is 18.4 Å². The second kappa shape index (κ2) is 13.7. The number of carbonyl (C=O) groups is 2. The first-order valence-electron chi connectivity index (χ1n) is 14.7. The third kappa shape index (κ3) is 6.90. The minimum atomic E-state index is -0.833. The van der Waals surface area contributed by atoms with E-state index in [0.29, 0.717) is 51.4 Å². The van der Waals surface area contributed by atoms with Crippen molar-refractivity contribution < 1.29 is 19.1 Å². The zero-order valence-electron chi connectivity index (χ0n) is 24.1. The van der Waals surface area contributed by atoms with Crippen LogP contribution in [0.25, 0.3) is 0 Å². The number of carbonyl (C=O) groups excluding carboxylic acids is 2. The highest BCUT2D eigenvalue weighted by atomic mass is 19.1. The zero-order valence-corrected chi connectivity index (χ0v) is 24.1. The number of amides is 2. The summed E-state index contributed by atoms with van der Waals surface area (Å²) in [7, 11) is 0. The Morgan fingerprint density at radius 2 is 1.80 bits per heavy atom.